The molecule has 7 atom stereocenters. The Balaban J connectivity index is 1.58. The SMILES string of the molecule is CCCCN(C)C1CCC2[C+](CC(C/C=C/CCCCCCCCCCC(C)C)C(=O)[O-])C3CCC(N(CCCC)CCCC)CC3OC2C1. The lowest BCUT2D eigenvalue weighted by Gasteiger charge is -2.49. The van der Waals surface area contributed by atoms with Crippen molar-refractivity contribution in [2.45, 2.75) is 213 Å². The Labute approximate surface area is 311 Å². The summed E-state index contributed by atoms with van der Waals surface area (Å²) in [5.41, 5.74) is 0. The Morgan fingerprint density at radius 1 is 0.740 bits per heavy atom. The molecule has 5 nitrogen and oxygen atoms in total. The number of carboxylic acids is 1. The molecule has 0 aromatic rings. The monoisotopic (exact) mass is 699 g/mol. The molecule has 0 aromatic carbocycles. The van der Waals surface area contributed by atoms with Crippen molar-refractivity contribution in [1.29, 1.82) is 0 Å². The number of hydrogen-bond donors (Lipinski definition) is 0. The third kappa shape index (κ3) is 15.1. The fraction of sp³-hybridized carbons (Fsp3) is 0.911. The molecule has 0 radical (unpaired) electrons. The number of aliphatic carboxylic acids is 1. The second-order valence-corrected chi connectivity index (χ2v) is 17.2. The summed E-state index contributed by atoms with van der Waals surface area (Å²) in [5, 5.41) is 12.6. The van der Waals surface area contributed by atoms with E-state index in [2.05, 4.69) is 63.6 Å². The molecule has 0 bridgehead atoms. The zero-order valence-electron chi connectivity index (χ0n) is 34.0. The van der Waals surface area contributed by atoms with E-state index in [4.69, 9.17) is 4.74 Å². The second-order valence-electron chi connectivity index (χ2n) is 17.2. The van der Waals surface area contributed by atoms with E-state index >= 15 is 0 Å². The average molecular weight is 699 g/mol. The Morgan fingerprint density at radius 3 is 1.86 bits per heavy atom. The van der Waals surface area contributed by atoms with Crippen molar-refractivity contribution in [3.05, 3.63) is 18.1 Å². The fourth-order valence-electron chi connectivity index (χ4n) is 9.49. The van der Waals surface area contributed by atoms with Crippen LogP contribution in [0.25, 0.3) is 0 Å². The average Bonchev–Trinajstić information content (AvgIpc) is 3.10. The van der Waals surface area contributed by atoms with E-state index in [0.29, 0.717) is 36.8 Å². The lowest BCUT2D eigenvalue weighted by Crippen LogP contribution is -2.56. The largest absolute Gasteiger partial charge is 0.550 e. The summed E-state index contributed by atoms with van der Waals surface area (Å²) in [5.74, 6) is 1.90. The van der Waals surface area contributed by atoms with Crippen molar-refractivity contribution < 1.29 is 14.6 Å². The first-order valence-electron chi connectivity index (χ1n) is 22.1. The van der Waals surface area contributed by atoms with Gasteiger partial charge in [0.15, 0.2) is 0 Å². The molecule has 3 rings (SSSR count). The van der Waals surface area contributed by atoms with Gasteiger partial charge in [-0.2, -0.15) is 0 Å². The normalized spacial score (nSPS) is 26.2. The molecule has 50 heavy (non-hydrogen) atoms. The molecule has 0 spiro atoms. The van der Waals surface area contributed by atoms with E-state index in [9.17, 15) is 9.90 Å². The molecular weight excluding hydrogens is 617 g/mol. The van der Waals surface area contributed by atoms with E-state index < -0.39 is 11.9 Å². The van der Waals surface area contributed by atoms with Gasteiger partial charge in [0, 0.05) is 24.0 Å². The van der Waals surface area contributed by atoms with Gasteiger partial charge in [0.2, 0.25) is 0 Å². The molecule has 7 unspecified atom stereocenters. The van der Waals surface area contributed by atoms with Crippen LogP contribution < -0.4 is 5.11 Å². The van der Waals surface area contributed by atoms with E-state index in [1.54, 1.807) is 5.92 Å². The van der Waals surface area contributed by atoms with Crippen molar-refractivity contribution in [2.75, 3.05) is 26.7 Å². The number of carbonyl (C=O) groups is 1. The summed E-state index contributed by atoms with van der Waals surface area (Å²) >= 11 is 0. The molecule has 1 aliphatic heterocycles. The molecule has 3 aliphatic rings. The minimum absolute atomic E-state index is 0.227. The van der Waals surface area contributed by atoms with E-state index in [-0.39, 0.29) is 12.2 Å². The molecule has 1 saturated heterocycles. The van der Waals surface area contributed by atoms with E-state index in [1.807, 2.05) is 0 Å². The van der Waals surface area contributed by atoms with Crippen LogP contribution in [-0.2, 0) is 9.53 Å². The van der Waals surface area contributed by atoms with Crippen LogP contribution >= 0.6 is 0 Å². The smallest absolute Gasteiger partial charge is 0.127 e. The number of carbonyl (C=O) groups excluding carboxylic acids is 1. The van der Waals surface area contributed by atoms with Gasteiger partial charge in [0.05, 0.1) is 6.42 Å². The highest BCUT2D eigenvalue weighted by Gasteiger charge is 2.57. The topological polar surface area (TPSA) is 55.8 Å². The first-order chi connectivity index (χ1) is 24.3. The van der Waals surface area contributed by atoms with Crippen molar-refractivity contribution in [2.24, 2.45) is 23.7 Å². The number of nitrogens with zero attached hydrogens (tertiary/aromatic N) is 2. The maximum Gasteiger partial charge on any atom is 0.127 e. The predicted molar refractivity (Wildman–Crippen MR) is 211 cm³/mol. The summed E-state index contributed by atoms with van der Waals surface area (Å²) in [6, 6.07) is 1.16. The maximum atomic E-state index is 12.6. The van der Waals surface area contributed by atoms with Gasteiger partial charge in [-0.3, -0.25) is 0 Å². The fourth-order valence-corrected chi connectivity index (χ4v) is 9.49. The summed E-state index contributed by atoms with van der Waals surface area (Å²) in [6.45, 7) is 15.1. The van der Waals surface area contributed by atoms with Gasteiger partial charge < -0.3 is 24.4 Å². The molecule has 5 heteroatoms. The van der Waals surface area contributed by atoms with Gasteiger partial charge >= 0.3 is 0 Å². The van der Waals surface area contributed by atoms with Gasteiger partial charge in [-0.05, 0) is 110 Å². The van der Waals surface area contributed by atoms with Crippen LogP contribution in [0.5, 0.6) is 0 Å². The van der Waals surface area contributed by atoms with Gasteiger partial charge in [-0.1, -0.05) is 117 Å². The number of ether oxygens (including phenoxy) is 1. The van der Waals surface area contributed by atoms with Crippen molar-refractivity contribution in [3.63, 3.8) is 0 Å². The quantitative estimate of drug-likeness (QED) is 0.0486. The maximum absolute atomic E-state index is 12.6. The van der Waals surface area contributed by atoms with Crippen molar-refractivity contribution >= 4 is 5.97 Å². The summed E-state index contributed by atoms with van der Waals surface area (Å²) in [4.78, 5) is 18.0. The number of unbranched alkanes of at least 4 members (excludes halogenated alkanes) is 11. The van der Waals surface area contributed by atoms with Crippen molar-refractivity contribution in [3.8, 4) is 0 Å². The Morgan fingerprint density at radius 2 is 1.28 bits per heavy atom. The predicted octanol–water partition coefficient (Wildman–Crippen LogP) is 10.6. The number of fused-ring (bicyclic) bond motifs is 2. The van der Waals surface area contributed by atoms with E-state index in [0.717, 1.165) is 44.6 Å². The highest BCUT2D eigenvalue weighted by molar-refractivity contribution is 5.68. The van der Waals surface area contributed by atoms with Gasteiger partial charge in [0.1, 0.15) is 30.0 Å². The molecule has 0 amide bonds. The molecule has 0 aromatic heterocycles. The summed E-state index contributed by atoms with van der Waals surface area (Å²) < 4.78 is 7.18. The third-order valence-corrected chi connectivity index (χ3v) is 12.7. The highest BCUT2D eigenvalue weighted by atomic mass is 16.5. The zero-order chi connectivity index (χ0) is 36.1. The Hall–Kier alpha value is -1.04. The van der Waals surface area contributed by atoms with Crippen molar-refractivity contribution in [1.82, 2.24) is 9.80 Å². The standard InChI is InChI=1S/C45H82N2O3/c1-7-10-30-46(6)38-26-28-40-42(33-37(45(48)49)25-23-21-19-17-15-13-14-16-18-20-22-24-36(4)5)41-29-27-39(35-44(41)50-43(40)34-38)47(31-11-8-2)32-12-9-3/h21,23,36-41,43-44H,7-20,22,24-35H2,1-6H3/b23-21+. The summed E-state index contributed by atoms with van der Waals surface area (Å²) in [6.07, 6.45) is 33.7. The van der Waals surface area contributed by atoms with Gasteiger partial charge in [0.25, 0.3) is 0 Å². The minimum Gasteiger partial charge on any atom is -0.550 e. The number of carboxylic acid groups (broad SMARTS) is 1. The van der Waals surface area contributed by atoms with Crippen LogP contribution in [0.3, 0.4) is 0 Å². The molecule has 0 N–H and O–H groups in total. The highest BCUT2D eigenvalue weighted by Crippen LogP contribution is 2.52. The molecular formula is C45H82N2O3. The molecule has 290 valence electrons. The van der Waals surface area contributed by atoms with Crippen LogP contribution in [0, 0.1) is 29.6 Å². The number of rotatable bonds is 27. The van der Waals surface area contributed by atoms with Crippen LogP contribution in [-0.4, -0.2) is 66.7 Å². The molecule has 2 saturated carbocycles. The summed E-state index contributed by atoms with van der Waals surface area (Å²) in [7, 11) is 2.31. The van der Waals surface area contributed by atoms with Crippen LogP contribution in [0.4, 0.5) is 0 Å². The lowest BCUT2D eigenvalue weighted by atomic mass is 9.61. The Kier molecular flexibility index (Phi) is 21.7. The second kappa shape index (κ2) is 25.1. The first-order valence-corrected chi connectivity index (χ1v) is 22.1. The van der Waals surface area contributed by atoms with Crippen LogP contribution in [0.15, 0.2) is 12.2 Å². The molecule has 2 aliphatic carbocycles. The van der Waals surface area contributed by atoms with Gasteiger partial charge in [-0.15, -0.1) is 0 Å². The van der Waals surface area contributed by atoms with Crippen LogP contribution in [0.2, 0.25) is 0 Å². The Bertz CT molecular complexity index is 899. The minimum atomic E-state index is -0.859. The van der Waals surface area contributed by atoms with E-state index in [1.165, 1.54) is 122 Å². The number of hydrogen-bond acceptors (Lipinski definition) is 5. The zero-order valence-corrected chi connectivity index (χ0v) is 34.0. The van der Waals surface area contributed by atoms with Gasteiger partial charge in [-0.25, -0.2) is 0 Å². The first kappa shape index (κ1) is 43.4. The third-order valence-electron chi connectivity index (χ3n) is 12.7. The lowest BCUT2D eigenvalue weighted by molar-refractivity contribution is -0.311. The number of allylic oxidation sites excluding steroid dienone is 2. The molecule has 1 heterocycles. The molecule has 3 fully saturated rings. The van der Waals surface area contributed by atoms with Crippen LogP contribution in [0.1, 0.15) is 189 Å².